The average Bonchev–Trinajstić information content (AvgIpc) is 3.52. The van der Waals surface area contributed by atoms with Gasteiger partial charge in [-0.25, -0.2) is 9.37 Å². The van der Waals surface area contributed by atoms with E-state index in [9.17, 15) is 9.50 Å². The molecule has 1 aliphatic carbocycles. The van der Waals surface area contributed by atoms with Crippen molar-refractivity contribution < 1.29 is 19.3 Å². The summed E-state index contributed by atoms with van der Waals surface area (Å²) in [4.78, 5) is 4.56. The summed E-state index contributed by atoms with van der Waals surface area (Å²) in [6.07, 6.45) is 7.68. The number of aliphatic hydroxyl groups excluding tert-OH is 2. The fraction of sp³-hybridized carbons (Fsp3) is 0.423. The summed E-state index contributed by atoms with van der Waals surface area (Å²) in [6.45, 7) is 2.64. The van der Waals surface area contributed by atoms with E-state index >= 15 is 0 Å². The maximum absolute atomic E-state index is 13.8. The van der Waals surface area contributed by atoms with Gasteiger partial charge in [-0.05, 0) is 44.7 Å². The summed E-state index contributed by atoms with van der Waals surface area (Å²) in [5.41, 5.74) is 2.55. The largest absolute Gasteiger partial charge is 0.489 e. The number of pyridine rings is 1. The standard InChI is InChI=1S/C26H30ClFN6O3/c1-2-29-24-10-22-20(12-30-24)26(16-11-31-33(13-16)14-18(36)15-35)32-34(22)17-6-8-19(9-7-17)37-23-5-3-4-21(28)25(23)27/h3-5,10-13,17-19,35-36H,2,6-9,14-15H2,1H3,(H,29,30)/t17-,18-,19+/m1/s1. The van der Waals surface area contributed by atoms with E-state index in [-0.39, 0.29) is 30.3 Å². The molecule has 11 heteroatoms. The van der Waals surface area contributed by atoms with Crippen LogP contribution in [0.3, 0.4) is 0 Å². The molecule has 1 fully saturated rings. The van der Waals surface area contributed by atoms with Crippen molar-refractivity contribution in [1.82, 2.24) is 24.5 Å². The number of anilines is 1. The molecule has 37 heavy (non-hydrogen) atoms. The number of nitrogens with zero attached hydrogens (tertiary/aromatic N) is 5. The van der Waals surface area contributed by atoms with Crippen molar-refractivity contribution in [3.05, 3.63) is 53.7 Å². The predicted octanol–water partition coefficient (Wildman–Crippen LogP) is 4.44. The predicted molar refractivity (Wildman–Crippen MR) is 139 cm³/mol. The number of fused-ring (bicyclic) bond motifs is 1. The molecule has 0 bridgehead atoms. The number of nitrogens with one attached hydrogen (secondary N) is 1. The van der Waals surface area contributed by atoms with Crippen LogP contribution in [0.5, 0.6) is 5.75 Å². The van der Waals surface area contributed by atoms with Gasteiger partial charge in [0.15, 0.2) is 0 Å². The first-order valence-electron chi connectivity index (χ1n) is 12.5. The van der Waals surface area contributed by atoms with E-state index < -0.39 is 11.9 Å². The zero-order chi connectivity index (χ0) is 25.9. The van der Waals surface area contributed by atoms with Crippen molar-refractivity contribution in [2.24, 2.45) is 0 Å². The fourth-order valence-electron chi connectivity index (χ4n) is 4.82. The Morgan fingerprint density at radius 3 is 2.81 bits per heavy atom. The second kappa shape index (κ2) is 11.0. The van der Waals surface area contributed by atoms with Crippen LogP contribution in [0.25, 0.3) is 22.2 Å². The van der Waals surface area contributed by atoms with E-state index in [4.69, 9.17) is 26.5 Å². The molecule has 1 atom stereocenters. The van der Waals surface area contributed by atoms with Crippen molar-refractivity contribution >= 4 is 28.3 Å². The van der Waals surface area contributed by atoms with Gasteiger partial charge in [-0.3, -0.25) is 9.36 Å². The molecule has 5 rings (SSSR count). The van der Waals surface area contributed by atoms with Crippen LogP contribution in [0, 0.1) is 5.82 Å². The molecule has 3 heterocycles. The second-order valence-corrected chi connectivity index (χ2v) is 9.68. The molecule has 3 N–H and O–H groups in total. The molecule has 0 spiro atoms. The Morgan fingerprint density at radius 2 is 2.05 bits per heavy atom. The molecule has 0 saturated heterocycles. The lowest BCUT2D eigenvalue weighted by Gasteiger charge is -2.29. The SMILES string of the molecule is CCNc1cc2c(cn1)c(-c1cnn(C[C@@H](O)CO)c1)nn2[C@H]1CC[C@@H](Oc2cccc(F)c2Cl)CC1. The Balaban J connectivity index is 1.40. The van der Waals surface area contributed by atoms with Crippen LogP contribution in [0.4, 0.5) is 10.2 Å². The number of halogens is 2. The van der Waals surface area contributed by atoms with Crippen LogP contribution in [0.1, 0.15) is 38.6 Å². The maximum atomic E-state index is 13.8. The average molecular weight is 529 g/mol. The van der Waals surface area contributed by atoms with Gasteiger partial charge in [0.1, 0.15) is 28.1 Å². The molecular formula is C26H30ClFN6O3. The molecule has 0 radical (unpaired) electrons. The van der Waals surface area contributed by atoms with E-state index in [1.54, 1.807) is 23.0 Å². The molecule has 3 aromatic heterocycles. The van der Waals surface area contributed by atoms with Gasteiger partial charge in [-0.15, -0.1) is 0 Å². The van der Waals surface area contributed by atoms with Gasteiger partial charge in [-0.1, -0.05) is 17.7 Å². The monoisotopic (exact) mass is 528 g/mol. The minimum atomic E-state index is -0.883. The molecule has 9 nitrogen and oxygen atoms in total. The molecule has 1 aliphatic rings. The highest BCUT2D eigenvalue weighted by Gasteiger charge is 2.27. The highest BCUT2D eigenvalue weighted by atomic mass is 35.5. The first-order chi connectivity index (χ1) is 18.0. The summed E-state index contributed by atoms with van der Waals surface area (Å²) >= 11 is 6.08. The van der Waals surface area contributed by atoms with Gasteiger partial charge in [0.05, 0.1) is 43.1 Å². The lowest BCUT2D eigenvalue weighted by Crippen LogP contribution is -2.26. The molecule has 0 unspecified atom stereocenters. The molecule has 1 saturated carbocycles. The van der Waals surface area contributed by atoms with Gasteiger partial charge >= 0.3 is 0 Å². The van der Waals surface area contributed by atoms with Crippen molar-refractivity contribution in [1.29, 1.82) is 0 Å². The number of benzene rings is 1. The lowest BCUT2D eigenvalue weighted by molar-refractivity contribution is 0.0783. The Morgan fingerprint density at radius 1 is 1.24 bits per heavy atom. The Kier molecular flexibility index (Phi) is 7.59. The van der Waals surface area contributed by atoms with Crippen LogP contribution in [-0.4, -0.2) is 60.1 Å². The van der Waals surface area contributed by atoms with Crippen LogP contribution in [-0.2, 0) is 6.54 Å². The van der Waals surface area contributed by atoms with E-state index in [1.807, 2.05) is 25.4 Å². The summed E-state index contributed by atoms with van der Waals surface area (Å²) in [7, 11) is 0. The van der Waals surface area contributed by atoms with Gasteiger partial charge in [0.25, 0.3) is 0 Å². The molecule has 196 valence electrons. The van der Waals surface area contributed by atoms with Crippen molar-refractivity contribution in [3.8, 4) is 17.0 Å². The number of ether oxygens (including phenoxy) is 1. The van der Waals surface area contributed by atoms with Crippen LogP contribution >= 0.6 is 11.6 Å². The van der Waals surface area contributed by atoms with E-state index in [0.29, 0.717) is 5.75 Å². The summed E-state index contributed by atoms with van der Waals surface area (Å²) in [6, 6.07) is 6.79. The van der Waals surface area contributed by atoms with Crippen molar-refractivity contribution in [2.75, 3.05) is 18.5 Å². The first-order valence-corrected chi connectivity index (χ1v) is 12.9. The fourth-order valence-corrected chi connectivity index (χ4v) is 4.99. The van der Waals surface area contributed by atoms with Crippen molar-refractivity contribution in [3.63, 3.8) is 0 Å². The molecular weight excluding hydrogens is 499 g/mol. The Hall–Kier alpha value is -3.21. The third-order valence-corrected chi connectivity index (χ3v) is 7.03. The van der Waals surface area contributed by atoms with Crippen LogP contribution in [0.15, 0.2) is 42.9 Å². The summed E-state index contributed by atoms with van der Waals surface area (Å²) in [5.74, 6) is 0.673. The molecule has 4 aromatic rings. The smallest absolute Gasteiger partial charge is 0.145 e. The van der Waals surface area contributed by atoms with Crippen LogP contribution < -0.4 is 10.1 Å². The second-order valence-electron chi connectivity index (χ2n) is 9.30. The van der Waals surface area contributed by atoms with E-state index in [0.717, 1.165) is 60.2 Å². The maximum Gasteiger partial charge on any atom is 0.145 e. The van der Waals surface area contributed by atoms with E-state index in [1.165, 1.54) is 6.07 Å². The van der Waals surface area contributed by atoms with Crippen LogP contribution in [0.2, 0.25) is 5.02 Å². The minimum Gasteiger partial charge on any atom is -0.489 e. The van der Waals surface area contributed by atoms with E-state index in [2.05, 4.69) is 20.1 Å². The van der Waals surface area contributed by atoms with Gasteiger partial charge in [0.2, 0.25) is 0 Å². The zero-order valence-electron chi connectivity index (χ0n) is 20.5. The molecule has 1 aromatic carbocycles. The normalized spacial score (nSPS) is 18.7. The van der Waals surface area contributed by atoms with Gasteiger partial charge < -0.3 is 20.3 Å². The lowest BCUT2D eigenvalue weighted by atomic mass is 9.93. The first kappa shape index (κ1) is 25.4. The van der Waals surface area contributed by atoms with Gasteiger partial charge in [0, 0.05) is 36.0 Å². The number of rotatable bonds is 9. The summed E-state index contributed by atoms with van der Waals surface area (Å²) in [5, 5.41) is 32.5. The Labute approximate surface area is 218 Å². The highest BCUT2D eigenvalue weighted by Crippen LogP contribution is 2.37. The topological polar surface area (TPSA) is 110 Å². The third kappa shape index (κ3) is 5.41. The Bertz CT molecular complexity index is 1370. The number of aromatic nitrogens is 5. The van der Waals surface area contributed by atoms with Gasteiger partial charge in [-0.2, -0.15) is 10.2 Å². The number of hydrogen-bond donors (Lipinski definition) is 3. The third-order valence-electron chi connectivity index (χ3n) is 6.66. The minimum absolute atomic E-state index is 0.0165. The molecule has 0 amide bonds. The summed E-state index contributed by atoms with van der Waals surface area (Å²) < 4.78 is 23.5. The quantitative estimate of drug-likeness (QED) is 0.294. The number of hydrogen-bond acceptors (Lipinski definition) is 7. The van der Waals surface area contributed by atoms with Crippen molar-refractivity contribution in [2.45, 2.75) is 57.4 Å². The molecule has 0 aliphatic heterocycles. The zero-order valence-corrected chi connectivity index (χ0v) is 21.3. The highest BCUT2D eigenvalue weighted by molar-refractivity contribution is 6.32. The number of aliphatic hydroxyl groups is 2.